The Morgan fingerprint density at radius 3 is 2.44 bits per heavy atom. The van der Waals surface area contributed by atoms with Crippen molar-refractivity contribution in [2.75, 3.05) is 14.2 Å². The van der Waals surface area contributed by atoms with Gasteiger partial charge in [-0.25, -0.2) is 0 Å². The average Bonchev–Trinajstić information content (AvgIpc) is 2.78. The molecule has 168 valence electrons. The summed E-state index contributed by atoms with van der Waals surface area (Å²) in [5, 5.41) is 2.98. The number of allylic oxidation sites excluding steroid dienone is 2. The second kappa shape index (κ2) is 9.07. The number of amides is 1. The number of Topliss-reactive ketones (excluding diaryl/α,β-unsaturated/α-hetero) is 1. The van der Waals surface area contributed by atoms with Gasteiger partial charge in [-0.2, -0.15) is 0 Å². The monoisotopic (exact) mass is 435 g/mol. The number of carbonyl (C=O) groups excluding carboxylic acids is 2. The van der Waals surface area contributed by atoms with Crippen LogP contribution in [0.4, 0.5) is 0 Å². The molecule has 1 aliphatic heterocycles. The van der Waals surface area contributed by atoms with Crippen molar-refractivity contribution in [3.8, 4) is 17.2 Å². The van der Waals surface area contributed by atoms with Crippen molar-refractivity contribution in [2.24, 2.45) is 0 Å². The zero-order chi connectivity index (χ0) is 22.8. The smallest absolute Gasteiger partial charge is 0.225 e. The quantitative estimate of drug-likeness (QED) is 0.723. The Kier molecular flexibility index (Phi) is 6.21. The van der Waals surface area contributed by atoms with E-state index in [9.17, 15) is 9.59 Å². The van der Waals surface area contributed by atoms with Gasteiger partial charge in [0.1, 0.15) is 5.75 Å². The van der Waals surface area contributed by atoms with Gasteiger partial charge < -0.3 is 19.5 Å². The lowest BCUT2D eigenvalue weighted by atomic mass is 9.73. The Bertz CT molecular complexity index is 1070. The molecule has 0 fully saturated rings. The summed E-state index contributed by atoms with van der Waals surface area (Å²) in [6, 6.07) is 13.4. The molecule has 32 heavy (non-hydrogen) atoms. The van der Waals surface area contributed by atoms with Gasteiger partial charge in [-0.3, -0.25) is 9.59 Å². The first-order chi connectivity index (χ1) is 15.4. The fourth-order valence-corrected chi connectivity index (χ4v) is 4.63. The third-order valence-corrected chi connectivity index (χ3v) is 6.05. The lowest BCUT2D eigenvalue weighted by molar-refractivity contribution is -0.122. The second-order valence-corrected chi connectivity index (χ2v) is 8.58. The minimum absolute atomic E-state index is 0.0321. The number of nitrogens with one attached hydrogen (secondary N) is 1. The largest absolute Gasteiger partial charge is 0.497 e. The molecule has 6 nitrogen and oxygen atoms in total. The number of ether oxygens (including phenoxy) is 3. The molecule has 2 aliphatic rings. The Hall–Kier alpha value is -3.28. The number of ketones is 1. The molecule has 4 rings (SSSR count). The van der Waals surface area contributed by atoms with Crippen LogP contribution in [0.3, 0.4) is 0 Å². The normalized spacial score (nSPS) is 20.7. The van der Waals surface area contributed by atoms with E-state index in [1.54, 1.807) is 14.2 Å². The summed E-state index contributed by atoms with van der Waals surface area (Å²) in [6.45, 7) is 3.93. The zero-order valence-corrected chi connectivity index (χ0v) is 18.9. The molecular weight excluding hydrogens is 406 g/mol. The van der Waals surface area contributed by atoms with Crippen molar-refractivity contribution in [2.45, 2.75) is 51.0 Å². The van der Waals surface area contributed by atoms with Crippen LogP contribution in [0.5, 0.6) is 17.2 Å². The van der Waals surface area contributed by atoms with E-state index in [0.717, 1.165) is 22.4 Å². The van der Waals surface area contributed by atoms with Gasteiger partial charge in [0.2, 0.25) is 5.91 Å². The van der Waals surface area contributed by atoms with Crippen LogP contribution in [0.2, 0.25) is 0 Å². The molecule has 2 atom stereocenters. The predicted octanol–water partition coefficient (Wildman–Crippen LogP) is 4.50. The number of carbonyl (C=O) groups is 2. The number of methoxy groups -OCH3 is 2. The first-order valence-corrected chi connectivity index (χ1v) is 10.9. The summed E-state index contributed by atoms with van der Waals surface area (Å²) in [5.41, 5.74) is 3.38. The van der Waals surface area contributed by atoms with E-state index < -0.39 is 0 Å². The summed E-state index contributed by atoms with van der Waals surface area (Å²) >= 11 is 0. The maximum atomic E-state index is 13.3. The Morgan fingerprint density at radius 1 is 0.906 bits per heavy atom. The Morgan fingerprint density at radius 2 is 1.72 bits per heavy atom. The molecule has 1 amide bonds. The second-order valence-electron chi connectivity index (χ2n) is 8.58. The summed E-state index contributed by atoms with van der Waals surface area (Å²) in [6.07, 6.45) is 1.28. The fraction of sp³-hybridized carbons (Fsp3) is 0.385. The van der Waals surface area contributed by atoms with Crippen molar-refractivity contribution in [3.05, 3.63) is 64.9 Å². The summed E-state index contributed by atoms with van der Waals surface area (Å²) < 4.78 is 16.7. The molecule has 6 heteroatoms. The van der Waals surface area contributed by atoms with Gasteiger partial charge in [0.05, 0.1) is 20.3 Å². The van der Waals surface area contributed by atoms with Crippen molar-refractivity contribution in [1.29, 1.82) is 0 Å². The minimum Gasteiger partial charge on any atom is -0.497 e. The van der Waals surface area contributed by atoms with Gasteiger partial charge >= 0.3 is 0 Å². The molecule has 0 saturated carbocycles. The molecular formula is C26H29NO5. The van der Waals surface area contributed by atoms with Crippen LogP contribution >= 0.6 is 0 Å². The van der Waals surface area contributed by atoms with E-state index >= 15 is 0 Å². The van der Waals surface area contributed by atoms with Crippen LogP contribution in [0, 0.1) is 0 Å². The third-order valence-electron chi connectivity index (χ3n) is 6.05. The highest BCUT2D eigenvalue weighted by atomic mass is 16.5. The van der Waals surface area contributed by atoms with Gasteiger partial charge in [-0.15, -0.1) is 0 Å². The van der Waals surface area contributed by atoms with Crippen LogP contribution in [0.15, 0.2) is 53.7 Å². The summed E-state index contributed by atoms with van der Waals surface area (Å²) in [4.78, 5) is 25.9. The first-order valence-electron chi connectivity index (χ1n) is 10.9. The number of hydrogen-bond acceptors (Lipinski definition) is 5. The summed E-state index contributed by atoms with van der Waals surface area (Å²) in [7, 11) is 3.22. The average molecular weight is 436 g/mol. The van der Waals surface area contributed by atoms with Crippen LogP contribution in [-0.2, 0) is 9.59 Å². The Balaban J connectivity index is 1.66. The maximum Gasteiger partial charge on any atom is 0.225 e. The highest BCUT2D eigenvalue weighted by molar-refractivity contribution is 6.02. The molecule has 0 radical (unpaired) electrons. The molecule has 2 unspecified atom stereocenters. The minimum atomic E-state index is -0.251. The van der Waals surface area contributed by atoms with Crippen molar-refractivity contribution in [1.82, 2.24) is 5.32 Å². The van der Waals surface area contributed by atoms with Gasteiger partial charge in [0.15, 0.2) is 17.3 Å². The molecule has 0 bridgehead atoms. The fourth-order valence-electron chi connectivity index (χ4n) is 4.63. The van der Waals surface area contributed by atoms with Crippen LogP contribution in [-0.4, -0.2) is 32.0 Å². The van der Waals surface area contributed by atoms with Gasteiger partial charge in [-0.1, -0.05) is 18.2 Å². The molecule has 1 heterocycles. The van der Waals surface area contributed by atoms with Crippen molar-refractivity contribution < 1.29 is 23.8 Å². The van der Waals surface area contributed by atoms with Crippen LogP contribution in [0.1, 0.15) is 56.1 Å². The van der Waals surface area contributed by atoms with Gasteiger partial charge in [0.25, 0.3) is 0 Å². The third kappa shape index (κ3) is 4.35. The van der Waals surface area contributed by atoms with Crippen molar-refractivity contribution >= 4 is 11.7 Å². The molecule has 0 saturated heterocycles. The first kappa shape index (κ1) is 21.9. The predicted molar refractivity (Wildman–Crippen MR) is 121 cm³/mol. The van der Waals surface area contributed by atoms with E-state index in [1.807, 2.05) is 56.3 Å². The molecule has 0 aromatic heterocycles. The highest BCUT2D eigenvalue weighted by Gasteiger charge is 2.38. The maximum absolute atomic E-state index is 13.3. The molecule has 2 aromatic rings. The molecule has 1 aliphatic carbocycles. The number of rotatable bonds is 6. The van der Waals surface area contributed by atoms with Gasteiger partial charge in [-0.05, 0) is 61.6 Å². The van der Waals surface area contributed by atoms with E-state index in [2.05, 4.69) is 5.32 Å². The summed E-state index contributed by atoms with van der Waals surface area (Å²) in [5.74, 6) is 1.76. The topological polar surface area (TPSA) is 73.9 Å². The number of hydrogen-bond donors (Lipinski definition) is 1. The number of benzene rings is 2. The van der Waals surface area contributed by atoms with Crippen LogP contribution in [0.25, 0.3) is 0 Å². The zero-order valence-electron chi connectivity index (χ0n) is 18.9. The molecule has 1 N–H and O–H groups in total. The lowest BCUT2D eigenvalue weighted by Crippen LogP contribution is -2.38. The standard InChI is InChI=1S/C26H29NO5/c1-15(2)32-23-9-8-16(13-24(23)31-4)18-11-21-26(22(28)12-18)20(14-25(29)27-21)17-6-5-7-19(10-17)30-3/h5-10,13,15,18,20H,11-12,14H2,1-4H3,(H,27,29). The van der Waals surface area contributed by atoms with E-state index in [4.69, 9.17) is 14.2 Å². The SMILES string of the molecule is COc1cccc(C2CC(=O)NC3=C2C(=O)CC(c2ccc(OC(C)C)c(OC)c2)C3)c1. The highest BCUT2D eigenvalue weighted by Crippen LogP contribution is 2.44. The van der Waals surface area contributed by atoms with E-state index in [0.29, 0.717) is 30.1 Å². The molecule has 0 spiro atoms. The van der Waals surface area contributed by atoms with E-state index in [-0.39, 0.29) is 36.1 Å². The van der Waals surface area contributed by atoms with Crippen LogP contribution < -0.4 is 19.5 Å². The van der Waals surface area contributed by atoms with Crippen molar-refractivity contribution in [3.63, 3.8) is 0 Å². The lowest BCUT2D eigenvalue weighted by Gasteiger charge is -2.34. The molecule has 2 aromatic carbocycles. The Labute approximate surface area is 188 Å². The van der Waals surface area contributed by atoms with E-state index in [1.165, 1.54) is 0 Å². The van der Waals surface area contributed by atoms with Gasteiger partial charge in [0, 0.05) is 30.0 Å².